The number of hydrogen-bond acceptors (Lipinski definition) is 7. The molecule has 6 atom stereocenters. The number of nitrogens with two attached hydrogens (primary N) is 1. The Morgan fingerprint density at radius 3 is 2.09 bits per heavy atom. The summed E-state index contributed by atoms with van der Waals surface area (Å²) in [5.74, 6) is -3.50. The number of carbonyl (C=O) groups is 4. The van der Waals surface area contributed by atoms with Crippen molar-refractivity contribution in [1.29, 1.82) is 0 Å². The van der Waals surface area contributed by atoms with E-state index in [4.69, 9.17) is 5.73 Å². The lowest BCUT2D eigenvalue weighted by atomic mass is 9.98. The Balaban J connectivity index is 3.10. The number of aromatic nitrogens is 2. The summed E-state index contributed by atoms with van der Waals surface area (Å²) in [5, 5.41) is 26.8. The van der Waals surface area contributed by atoms with Gasteiger partial charge in [-0.2, -0.15) is 0 Å². The summed E-state index contributed by atoms with van der Waals surface area (Å²) in [4.78, 5) is 56.9. The van der Waals surface area contributed by atoms with Crippen LogP contribution in [0.15, 0.2) is 12.5 Å². The quantitative estimate of drug-likeness (QED) is 0.180. The fourth-order valence-corrected chi connectivity index (χ4v) is 3.22. The van der Waals surface area contributed by atoms with Crippen molar-refractivity contribution in [3.63, 3.8) is 0 Å². The maximum absolute atomic E-state index is 13.1. The van der Waals surface area contributed by atoms with E-state index in [1.807, 2.05) is 20.8 Å². The van der Waals surface area contributed by atoms with Crippen LogP contribution in [-0.2, 0) is 25.6 Å². The van der Waals surface area contributed by atoms with Crippen LogP contribution in [0.4, 0.5) is 0 Å². The fourth-order valence-electron chi connectivity index (χ4n) is 3.22. The minimum atomic E-state index is -1.22. The monoisotopic (exact) mass is 482 g/mol. The lowest BCUT2D eigenvalue weighted by Crippen LogP contribution is -2.59. The van der Waals surface area contributed by atoms with Crippen LogP contribution in [-0.4, -0.2) is 74.1 Å². The normalized spacial score (nSPS) is 16.6. The molecule has 1 rings (SSSR count). The molecule has 0 aliphatic carbocycles. The number of carboxylic acid groups (broad SMARTS) is 1. The molecular weight excluding hydrogens is 444 g/mol. The minimum absolute atomic E-state index is 0.0144. The zero-order valence-corrected chi connectivity index (χ0v) is 20.4. The topological polar surface area (TPSA) is 200 Å². The highest BCUT2D eigenvalue weighted by molar-refractivity contribution is 5.94. The molecule has 6 unspecified atom stereocenters. The number of aliphatic hydroxyl groups excluding tert-OH is 1. The Bertz CT molecular complexity index is 813. The molecule has 0 saturated carbocycles. The van der Waals surface area contributed by atoms with Crippen molar-refractivity contribution in [3.8, 4) is 0 Å². The van der Waals surface area contributed by atoms with Gasteiger partial charge in [0, 0.05) is 18.3 Å². The Morgan fingerprint density at radius 1 is 1.03 bits per heavy atom. The van der Waals surface area contributed by atoms with Crippen molar-refractivity contribution < 1.29 is 29.4 Å². The highest BCUT2D eigenvalue weighted by Crippen LogP contribution is 2.10. The largest absolute Gasteiger partial charge is 0.480 e. The summed E-state index contributed by atoms with van der Waals surface area (Å²) in [6.45, 7) is 8.61. The van der Waals surface area contributed by atoms with Crippen LogP contribution in [0, 0.1) is 11.8 Å². The Morgan fingerprint density at radius 2 is 1.62 bits per heavy atom. The van der Waals surface area contributed by atoms with Gasteiger partial charge in [-0.25, -0.2) is 9.78 Å². The first-order valence-electron chi connectivity index (χ1n) is 11.4. The van der Waals surface area contributed by atoms with E-state index in [9.17, 15) is 29.4 Å². The molecule has 192 valence electrons. The number of aromatic amines is 1. The molecule has 0 aliphatic heterocycles. The van der Waals surface area contributed by atoms with Crippen molar-refractivity contribution in [3.05, 3.63) is 18.2 Å². The van der Waals surface area contributed by atoms with Gasteiger partial charge in [-0.15, -0.1) is 0 Å². The molecule has 1 aromatic rings. The third-order valence-corrected chi connectivity index (χ3v) is 5.55. The number of rotatable bonds is 14. The first-order chi connectivity index (χ1) is 15.9. The van der Waals surface area contributed by atoms with E-state index in [2.05, 4.69) is 25.9 Å². The number of H-pyrrole nitrogens is 1. The Hall–Kier alpha value is -2.99. The van der Waals surface area contributed by atoms with Gasteiger partial charge in [-0.05, 0) is 25.2 Å². The number of aliphatic hydroxyl groups is 1. The molecule has 0 aromatic carbocycles. The second kappa shape index (κ2) is 13.7. The second-order valence-corrected chi connectivity index (χ2v) is 9.01. The van der Waals surface area contributed by atoms with Crippen molar-refractivity contribution >= 4 is 23.7 Å². The Labute approximate surface area is 199 Å². The van der Waals surface area contributed by atoms with Crippen molar-refractivity contribution in [1.82, 2.24) is 25.9 Å². The molecule has 0 fully saturated rings. The van der Waals surface area contributed by atoms with Gasteiger partial charge < -0.3 is 36.9 Å². The van der Waals surface area contributed by atoms with Crippen LogP contribution < -0.4 is 21.7 Å². The summed E-state index contributed by atoms with van der Waals surface area (Å²) in [5.41, 5.74) is 6.23. The average molecular weight is 483 g/mol. The SMILES string of the molecule is CCC(C)C(NC(=O)C(Cc1cnc[nH]1)NC(=O)C(CC(C)C)NC(=O)C(N)C(C)O)C(=O)O. The molecule has 0 aliphatic rings. The van der Waals surface area contributed by atoms with Gasteiger partial charge in [0.25, 0.3) is 0 Å². The van der Waals surface area contributed by atoms with Crippen LogP contribution in [0.25, 0.3) is 0 Å². The molecule has 1 aromatic heterocycles. The van der Waals surface area contributed by atoms with Gasteiger partial charge in [0.15, 0.2) is 0 Å². The first-order valence-corrected chi connectivity index (χ1v) is 11.4. The Kier molecular flexibility index (Phi) is 11.7. The smallest absolute Gasteiger partial charge is 0.326 e. The molecule has 0 spiro atoms. The average Bonchev–Trinajstić information content (AvgIpc) is 3.27. The molecule has 12 heteroatoms. The lowest BCUT2D eigenvalue weighted by Gasteiger charge is -2.27. The van der Waals surface area contributed by atoms with Gasteiger partial charge in [-0.3, -0.25) is 14.4 Å². The van der Waals surface area contributed by atoms with Gasteiger partial charge in [0.2, 0.25) is 17.7 Å². The van der Waals surface area contributed by atoms with Gasteiger partial charge in [-0.1, -0.05) is 34.1 Å². The maximum Gasteiger partial charge on any atom is 0.326 e. The van der Waals surface area contributed by atoms with Crippen LogP contribution >= 0.6 is 0 Å². The number of nitrogens with one attached hydrogen (secondary N) is 4. The third kappa shape index (κ3) is 9.10. The van der Waals surface area contributed by atoms with E-state index in [-0.39, 0.29) is 24.7 Å². The maximum atomic E-state index is 13.1. The standard InChI is InChI=1S/C22H38N6O6/c1-6-12(4)18(22(33)34)28-20(31)16(8-14-9-24-10-25-14)26-19(30)15(7-11(2)3)27-21(32)17(23)13(5)29/h9-13,15-18,29H,6-8,23H2,1-5H3,(H,24,25)(H,26,30)(H,27,32)(H,28,31)(H,33,34). The fraction of sp³-hybridized carbons (Fsp3) is 0.682. The highest BCUT2D eigenvalue weighted by atomic mass is 16.4. The van der Waals surface area contributed by atoms with Gasteiger partial charge >= 0.3 is 5.97 Å². The van der Waals surface area contributed by atoms with E-state index in [1.165, 1.54) is 19.4 Å². The zero-order chi connectivity index (χ0) is 26.0. The summed E-state index contributed by atoms with van der Waals surface area (Å²) >= 11 is 0. The molecule has 1 heterocycles. The number of carboxylic acids is 1. The van der Waals surface area contributed by atoms with Crippen LogP contribution in [0.2, 0.25) is 0 Å². The molecule has 12 nitrogen and oxygen atoms in total. The van der Waals surface area contributed by atoms with Crippen molar-refractivity contribution in [2.24, 2.45) is 17.6 Å². The summed E-state index contributed by atoms with van der Waals surface area (Å²) < 4.78 is 0. The highest BCUT2D eigenvalue weighted by Gasteiger charge is 2.33. The van der Waals surface area contributed by atoms with Crippen molar-refractivity contribution in [2.75, 3.05) is 0 Å². The number of imidazole rings is 1. The zero-order valence-electron chi connectivity index (χ0n) is 20.4. The lowest BCUT2D eigenvalue weighted by molar-refractivity contribution is -0.143. The van der Waals surface area contributed by atoms with E-state index in [0.717, 1.165) is 0 Å². The summed E-state index contributed by atoms with van der Waals surface area (Å²) in [7, 11) is 0. The van der Waals surface area contributed by atoms with E-state index in [1.54, 1.807) is 6.92 Å². The molecule has 3 amide bonds. The first kappa shape index (κ1) is 29.0. The predicted molar refractivity (Wildman–Crippen MR) is 124 cm³/mol. The summed E-state index contributed by atoms with van der Waals surface area (Å²) in [6.07, 6.45) is 2.61. The van der Waals surface area contributed by atoms with E-state index in [0.29, 0.717) is 12.1 Å². The number of hydrogen-bond donors (Lipinski definition) is 7. The molecule has 8 N–H and O–H groups in total. The second-order valence-electron chi connectivity index (χ2n) is 9.01. The van der Waals surface area contributed by atoms with Crippen molar-refractivity contribution in [2.45, 2.75) is 84.2 Å². The summed E-state index contributed by atoms with van der Waals surface area (Å²) in [6, 6.07) is -4.50. The van der Waals surface area contributed by atoms with Crippen LogP contribution in [0.3, 0.4) is 0 Å². The molecular formula is C22H38N6O6. The van der Waals surface area contributed by atoms with E-state index < -0.39 is 54.0 Å². The van der Waals surface area contributed by atoms with Gasteiger partial charge in [0.1, 0.15) is 24.2 Å². The predicted octanol–water partition coefficient (Wildman–Crippen LogP) is -0.708. The van der Waals surface area contributed by atoms with Gasteiger partial charge in [0.05, 0.1) is 12.4 Å². The molecule has 0 radical (unpaired) electrons. The molecule has 0 bridgehead atoms. The van der Waals surface area contributed by atoms with E-state index >= 15 is 0 Å². The third-order valence-electron chi connectivity index (χ3n) is 5.55. The number of aliphatic carboxylic acids is 1. The van der Waals surface area contributed by atoms with Crippen LogP contribution in [0.1, 0.15) is 53.2 Å². The molecule has 34 heavy (non-hydrogen) atoms. The number of carbonyl (C=O) groups excluding carboxylic acids is 3. The number of nitrogens with zero attached hydrogens (tertiary/aromatic N) is 1. The van der Waals surface area contributed by atoms with Crippen LogP contribution in [0.5, 0.6) is 0 Å². The minimum Gasteiger partial charge on any atom is -0.480 e. The number of amides is 3. The molecule has 0 saturated heterocycles.